The van der Waals surface area contributed by atoms with Crippen molar-refractivity contribution in [2.45, 2.75) is 0 Å². The Morgan fingerprint density at radius 1 is 0.295 bits per heavy atom. The summed E-state index contributed by atoms with van der Waals surface area (Å²) >= 11 is 1.84. The van der Waals surface area contributed by atoms with E-state index in [0.717, 1.165) is 33.6 Å². The van der Waals surface area contributed by atoms with E-state index < -0.39 is 0 Å². The number of thiophene rings is 1. The van der Waals surface area contributed by atoms with Gasteiger partial charge in [-0.3, -0.25) is 0 Å². The fourth-order valence-corrected chi connectivity index (χ4v) is 10.4. The number of hydrogen-bond donors (Lipinski definition) is 0. The maximum Gasteiger partial charge on any atom is 0.160 e. The molecule has 0 radical (unpaired) electrons. The second kappa shape index (κ2) is 14.5. The maximum absolute atomic E-state index is 5.27. The van der Waals surface area contributed by atoms with Gasteiger partial charge in [-0.2, -0.15) is 0 Å². The minimum Gasteiger partial charge on any atom is -0.228 e. The van der Waals surface area contributed by atoms with Gasteiger partial charge in [-0.15, -0.1) is 11.3 Å². The molecule has 61 heavy (non-hydrogen) atoms. The molecule has 12 aromatic rings. The quantitative estimate of drug-likeness (QED) is 0.124. The third-order valence-electron chi connectivity index (χ3n) is 12.1. The number of fused-ring (bicyclic) bond motifs is 7. The van der Waals surface area contributed by atoms with E-state index in [2.05, 4.69) is 212 Å². The average molecular weight is 793 g/mol. The summed E-state index contributed by atoms with van der Waals surface area (Å²) in [4.78, 5) is 10.5. The van der Waals surface area contributed by atoms with Gasteiger partial charge in [0.05, 0.1) is 11.4 Å². The van der Waals surface area contributed by atoms with E-state index in [-0.39, 0.29) is 0 Å². The van der Waals surface area contributed by atoms with Crippen LogP contribution in [0.15, 0.2) is 218 Å². The summed E-state index contributed by atoms with van der Waals surface area (Å²) in [6.07, 6.45) is 0. The minimum atomic E-state index is 0.701. The molecular formula is C58H36N2S. The molecule has 0 aliphatic carbocycles. The molecule has 0 bridgehead atoms. The van der Waals surface area contributed by atoms with E-state index >= 15 is 0 Å². The average Bonchev–Trinajstić information content (AvgIpc) is 3.72. The summed E-state index contributed by atoms with van der Waals surface area (Å²) in [6, 6.07) is 78.7. The van der Waals surface area contributed by atoms with Gasteiger partial charge in [0, 0.05) is 36.9 Å². The van der Waals surface area contributed by atoms with Crippen LogP contribution < -0.4 is 0 Å². The molecule has 0 saturated carbocycles. The highest BCUT2D eigenvalue weighted by Gasteiger charge is 2.20. The molecule has 12 rings (SSSR count). The van der Waals surface area contributed by atoms with Crippen LogP contribution in [-0.2, 0) is 0 Å². The topological polar surface area (TPSA) is 25.8 Å². The molecule has 0 N–H and O–H groups in total. The van der Waals surface area contributed by atoms with Crippen LogP contribution >= 0.6 is 11.3 Å². The number of nitrogens with zero attached hydrogens (tertiary/aromatic N) is 2. The van der Waals surface area contributed by atoms with Gasteiger partial charge >= 0.3 is 0 Å². The first-order valence-electron chi connectivity index (χ1n) is 20.7. The van der Waals surface area contributed by atoms with Gasteiger partial charge in [0.25, 0.3) is 0 Å². The molecule has 0 spiro atoms. The Bertz CT molecular complexity index is 3630. The smallest absolute Gasteiger partial charge is 0.160 e. The van der Waals surface area contributed by atoms with Crippen molar-refractivity contribution < 1.29 is 0 Å². The molecule has 0 amide bonds. The summed E-state index contributed by atoms with van der Waals surface area (Å²) < 4.78 is 2.60. The van der Waals surface area contributed by atoms with Gasteiger partial charge in [0.1, 0.15) is 0 Å². The summed E-state index contributed by atoms with van der Waals surface area (Å²) in [6.45, 7) is 0. The fourth-order valence-electron chi connectivity index (χ4n) is 9.27. The Kier molecular flexibility index (Phi) is 8.39. The predicted molar refractivity (Wildman–Crippen MR) is 260 cm³/mol. The second-order valence-corrected chi connectivity index (χ2v) is 16.7. The zero-order valence-electron chi connectivity index (χ0n) is 33.1. The maximum atomic E-state index is 5.27. The van der Waals surface area contributed by atoms with Gasteiger partial charge in [0.15, 0.2) is 5.82 Å². The van der Waals surface area contributed by atoms with E-state index in [1.165, 1.54) is 80.3 Å². The second-order valence-electron chi connectivity index (χ2n) is 15.6. The van der Waals surface area contributed by atoms with Crippen molar-refractivity contribution in [1.29, 1.82) is 0 Å². The first-order chi connectivity index (χ1) is 30.2. The lowest BCUT2D eigenvalue weighted by Crippen LogP contribution is -1.97. The van der Waals surface area contributed by atoms with Crippen molar-refractivity contribution in [3.8, 4) is 67.3 Å². The van der Waals surface area contributed by atoms with Crippen LogP contribution in [0, 0.1) is 0 Å². The van der Waals surface area contributed by atoms with Crippen molar-refractivity contribution in [2.24, 2.45) is 0 Å². The molecule has 0 fully saturated rings. The summed E-state index contributed by atoms with van der Waals surface area (Å²) in [5.41, 5.74) is 12.1. The normalized spacial score (nSPS) is 11.6. The lowest BCUT2D eigenvalue weighted by molar-refractivity contribution is 1.18. The van der Waals surface area contributed by atoms with Crippen LogP contribution in [0.5, 0.6) is 0 Å². The highest BCUT2D eigenvalue weighted by Crippen LogP contribution is 2.47. The zero-order valence-corrected chi connectivity index (χ0v) is 33.9. The largest absolute Gasteiger partial charge is 0.228 e. The van der Waals surface area contributed by atoms with E-state index in [1.54, 1.807) is 0 Å². The lowest BCUT2D eigenvalue weighted by Gasteiger charge is -2.19. The highest BCUT2D eigenvalue weighted by molar-refractivity contribution is 7.25. The van der Waals surface area contributed by atoms with Gasteiger partial charge in [-0.05, 0) is 90.0 Å². The molecule has 0 aliphatic rings. The standard InChI is InChI=1S/C58H36N2S/c1-3-16-39(17-4-1)56-48-25-12-11-24-47(48)55(49-33-31-37-15-7-8-21-44(37)57(49)56)40-29-27-38(28-30-40)51-36-52(60-58(59-51)41-18-5-2-6-19-41)45-22-10-9-20-43(45)42-32-34-54-50(35-42)46-23-13-14-26-53(46)61-54/h1-36H. The number of rotatable bonds is 6. The summed E-state index contributed by atoms with van der Waals surface area (Å²) in [5.74, 6) is 0.701. The summed E-state index contributed by atoms with van der Waals surface area (Å²) in [5, 5.41) is 10.1. The van der Waals surface area contributed by atoms with Crippen LogP contribution in [0.1, 0.15) is 0 Å². The SMILES string of the molecule is c1ccc(-c2nc(-c3ccc(-c4c5ccccc5c(-c5ccccc5)c5c4ccc4ccccc45)cc3)cc(-c3ccccc3-c3ccc4sc5ccccc5c4c3)n2)cc1. The van der Waals surface area contributed by atoms with E-state index in [9.17, 15) is 0 Å². The van der Waals surface area contributed by atoms with Crippen LogP contribution in [0.4, 0.5) is 0 Å². The van der Waals surface area contributed by atoms with E-state index in [0.29, 0.717) is 5.82 Å². The molecule has 10 aromatic carbocycles. The molecule has 2 heterocycles. The minimum absolute atomic E-state index is 0.701. The molecule has 284 valence electrons. The number of benzene rings is 10. The Labute approximate surface area is 357 Å². The van der Waals surface area contributed by atoms with Crippen LogP contribution in [-0.4, -0.2) is 9.97 Å². The highest BCUT2D eigenvalue weighted by atomic mass is 32.1. The molecule has 0 atom stereocenters. The Morgan fingerprint density at radius 3 is 1.64 bits per heavy atom. The fraction of sp³-hybridized carbons (Fsp3) is 0. The molecule has 0 unspecified atom stereocenters. The van der Waals surface area contributed by atoms with Crippen LogP contribution in [0.2, 0.25) is 0 Å². The van der Waals surface area contributed by atoms with Crippen molar-refractivity contribution >= 4 is 63.8 Å². The molecular weight excluding hydrogens is 757 g/mol. The summed E-state index contributed by atoms with van der Waals surface area (Å²) in [7, 11) is 0. The molecule has 0 saturated heterocycles. The van der Waals surface area contributed by atoms with Gasteiger partial charge in [-0.1, -0.05) is 194 Å². The Morgan fingerprint density at radius 2 is 0.852 bits per heavy atom. The number of hydrogen-bond acceptors (Lipinski definition) is 3. The van der Waals surface area contributed by atoms with E-state index in [1.807, 2.05) is 17.4 Å². The predicted octanol–water partition coefficient (Wildman–Crippen LogP) is 16.3. The van der Waals surface area contributed by atoms with Gasteiger partial charge < -0.3 is 0 Å². The molecule has 3 heteroatoms. The third kappa shape index (κ3) is 6.01. The van der Waals surface area contributed by atoms with Crippen molar-refractivity contribution in [3.63, 3.8) is 0 Å². The van der Waals surface area contributed by atoms with Crippen LogP contribution in [0.3, 0.4) is 0 Å². The first kappa shape index (κ1) is 35.2. The number of aromatic nitrogens is 2. The van der Waals surface area contributed by atoms with Gasteiger partial charge in [0.2, 0.25) is 0 Å². The third-order valence-corrected chi connectivity index (χ3v) is 13.2. The molecule has 2 nitrogen and oxygen atoms in total. The van der Waals surface area contributed by atoms with Crippen LogP contribution in [0.25, 0.3) is 120 Å². The van der Waals surface area contributed by atoms with Crippen molar-refractivity contribution in [1.82, 2.24) is 9.97 Å². The molecule has 0 aliphatic heterocycles. The Hall–Kier alpha value is -7.72. The Balaban J connectivity index is 1.03. The lowest BCUT2D eigenvalue weighted by atomic mass is 9.84. The molecule has 2 aromatic heterocycles. The van der Waals surface area contributed by atoms with Crippen molar-refractivity contribution in [3.05, 3.63) is 218 Å². The van der Waals surface area contributed by atoms with Crippen molar-refractivity contribution in [2.75, 3.05) is 0 Å². The monoisotopic (exact) mass is 792 g/mol. The first-order valence-corrected chi connectivity index (χ1v) is 21.5. The van der Waals surface area contributed by atoms with Gasteiger partial charge in [-0.25, -0.2) is 9.97 Å². The van der Waals surface area contributed by atoms with E-state index in [4.69, 9.17) is 9.97 Å². The zero-order chi connectivity index (χ0) is 40.3.